The molecule has 0 bridgehead atoms. The number of carbonyl (C=O) groups excluding carboxylic acids is 4. The zero-order chi connectivity index (χ0) is 54.7. The monoisotopic (exact) mass is 1110 g/mol. The number of hydrogen-bond donors (Lipinski definition) is 0. The normalized spacial score (nSPS) is 15.2. The third-order valence-corrected chi connectivity index (χ3v) is 24.0. The van der Waals surface area contributed by atoms with Crippen LogP contribution in [0, 0.1) is 28.1 Å². The molecular formula is C49H103KO15SSi4. The summed E-state index contributed by atoms with van der Waals surface area (Å²) in [6.45, 7) is 47.0. The number of rotatable bonds is 30. The Bertz CT molecular complexity index is 1530. The van der Waals surface area contributed by atoms with Crippen molar-refractivity contribution in [3.05, 3.63) is 0 Å². The van der Waals surface area contributed by atoms with Gasteiger partial charge >= 0.3 is 84.1 Å². The number of unbranched alkanes of at least 4 members (excludes halogenated alkanes) is 1. The molecule has 3 atom stereocenters. The van der Waals surface area contributed by atoms with Crippen molar-refractivity contribution < 1.29 is 120 Å². The number of hydrogen-bond acceptors (Lipinski definition) is 15. The molecule has 0 radical (unpaired) electrons. The van der Waals surface area contributed by atoms with Gasteiger partial charge in [0.1, 0.15) is 12.7 Å². The van der Waals surface area contributed by atoms with Crippen LogP contribution in [-0.2, 0) is 65.3 Å². The topological polar surface area (TPSA) is 203 Å². The van der Waals surface area contributed by atoms with Gasteiger partial charge in [0.15, 0.2) is 25.0 Å². The van der Waals surface area contributed by atoms with Crippen LogP contribution in [0.4, 0.5) is 0 Å². The van der Waals surface area contributed by atoms with Gasteiger partial charge in [0.2, 0.25) is 0 Å². The zero-order valence-electron chi connectivity index (χ0n) is 48.8. The van der Waals surface area contributed by atoms with Crippen LogP contribution in [0.5, 0.6) is 0 Å². The molecule has 3 unspecified atom stereocenters. The van der Waals surface area contributed by atoms with Gasteiger partial charge in [-0.3, -0.25) is 19.2 Å². The van der Waals surface area contributed by atoms with E-state index < -0.39 is 60.5 Å². The second kappa shape index (κ2) is 36.2. The number of ether oxygens (including phenoxy) is 5. The first-order valence-corrected chi connectivity index (χ1v) is 39.3. The molecule has 0 saturated carbocycles. The van der Waals surface area contributed by atoms with Crippen LogP contribution in [0.25, 0.3) is 0 Å². The predicted molar refractivity (Wildman–Crippen MR) is 286 cm³/mol. The van der Waals surface area contributed by atoms with Gasteiger partial charge in [0.05, 0.1) is 58.7 Å². The summed E-state index contributed by atoms with van der Waals surface area (Å²) in [5.74, 6) is -0.555. The quantitative estimate of drug-likeness (QED) is 0.0165. The third-order valence-electron chi connectivity index (χ3n) is 11.1. The van der Waals surface area contributed by atoms with E-state index in [0.29, 0.717) is 44.6 Å². The van der Waals surface area contributed by atoms with Crippen LogP contribution in [0.1, 0.15) is 154 Å². The Morgan fingerprint density at radius 3 is 1.33 bits per heavy atom. The van der Waals surface area contributed by atoms with Crippen molar-refractivity contribution in [3.63, 3.8) is 0 Å². The second-order valence-corrected chi connectivity index (χ2v) is 41.5. The van der Waals surface area contributed by atoms with Gasteiger partial charge in [-0.1, -0.05) is 67.7 Å². The maximum atomic E-state index is 12.2. The van der Waals surface area contributed by atoms with E-state index in [-0.39, 0.29) is 106 Å². The molecule has 0 aliphatic carbocycles. The van der Waals surface area contributed by atoms with E-state index in [9.17, 15) is 32.1 Å². The van der Waals surface area contributed by atoms with Gasteiger partial charge in [-0.15, -0.1) is 0 Å². The molecule has 0 aromatic rings. The molecule has 412 valence electrons. The zero-order valence-corrected chi connectivity index (χ0v) is 56.7. The van der Waals surface area contributed by atoms with Crippen LogP contribution < -0.4 is 51.4 Å². The molecule has 0 amide bonds. The fourth-order valence-corrected chi connectivity index (χ4v) is 20.3. The van der Waals surface area contributed by atoms with Gasteiger partial charge in [-0.05, 0) is 151 Å². The Hall–Kier alpha value is 0.134. The summed E-state index contributed by atoms with van der Waals surface area (Å²) < 4.78 is 76.3. The van der Waals surface area contributed by atoms with Crippen molar-refractivity contribution in [2.75, 3.05) is 38.8 Å². The summed E-state index contributed by atoms with van der Waals surface area (Å²) in [4.78, 5) is 46.4. The minimum absolute atomic E-state index is 0. The number of carbonyl (C=O) groups is 4. The van der Waals surface area contributed by atoms with Crippen LogP contribution in [-0.4, -0.2) is 115 Å². The van der Waals surface area contributed by atoms with E-state index in [1.165, 1.54) is 19.3 Å². The number of esters is 4. The average molecular weight is 1120 g/mol. The molecule has 1 fully saturated rings. The molecule has 0 aromatic heterocycles. The average Bonchev–Trinajstić information content (AvgIpc) is 4.05. The van der Waals surface area contributed by atoms with E-state index >= 15 is 0 Å². The van der Waals surface area contributed by atoms with Gasteiger partial charge < -0.3 is 40.6 Å². The molecule has 1 heterocycles. The van der Waals surface area contributed by atoms with Crippen molar-refractivity contribution in [1.82, 2.24) is 0 Å². The molecule has 0 spiro atoms. The first kappa shape index (κ1) is 76.6. The van der Waals surface area contributed by atoms with Gasteiger partial charge in [-0.2, -0.15) is 0 Å². The molecule has 21 heteroatoms. The maximum Gasteiger partial charge on any atom is 1.00 e. The van der Waals surface area contributed by atoms with Crippen molar-refractivity contribution in [2.24, 2.45) is 28.1 Å². The summed E-state index contributed by atoms with van der Waals surface area (Å²) in [5, 5.41) is 0. The minimum atomic E-state index is -4.20. The summed E-state index contributed by atoms with van der Waals surface area (Å²) >= 11 is 0. The Morgan fingerprint density at radius 2 is 1.01 bits per heavy atom. The smallest absolute Gasteiger partial charge is 0.748 e. The van der Waals surface area contributed by atoms with Gasteiger partial charge in [0, 0.05) is 11.8 Å². The van der Waals surface area contributed by atoms with Crippen molar-refractivity contribution >= 4 is 67.8 Å². The Morgan fingerprint density at radius 1 is 0.629 bits per heavy atom. The van der Waals surface area contributed by atoms with E-state index in [1.54, 1.807) is 13.8 Å². The van der Waals surface area contributed by atoms with E-state index in [4.69, 9.17) is 36.0 Å². The molecule has 0 aromatic carbocycles. The Labute approximate surface area is 475 Å². The molecule has 1 aliphatic rings. The van der Waals surface area contributed by atoms with Crippen LogP contribution in [0.3, 0.4) is 0 Å². The molecule has 1 rings (SSSR count). The summed E-state index contributed by atoms with van der Waals surface area (Å²) in [5.41, 5.74) is -1.35. The number of epoxide rings is 1. The first-order chi connectivity index (χ1) is 31.2. The third kappa shape index (κ3) is 41.4. The second-order valence-electron chi connectivity index (χ2n) is 22.9. The molecule has 15 nitrogen and oxygen atoms in total. The van der Waals surface area contributed by atoms with Crippen molar-refractivity contribution in [2.45, 2.75) is 225 Å². The standard InChI is InChI=1S/C18H44O5Si4.C13H26O2.C9H18O5S.C9H16O3.K/c1-13-18(2,3)17(19)20-15-14-16-27(21-24(4,5)6,22-25(7,8)9)23-26(10,11)12;1-5-8-9-12(7-3)10-15-13(14)11(4)6-2;1-4-9(2,3)8(10)14-6-5-7-15(11,12)13;1-4-9(2,3)8(10)12-6-7-5-11-7;/h13-16H2,1-12H3;11-12H,5-10H2,1-4H3;4-7H2,1-3H3,(H,11,12,13);7H,4-6H2,1-3H3;/q;;;;+1/p-1. The Balaban J connectivity index is -0.000000436. The van der Waals surface area contributed by atoms with Gasteiger partial charge in [0.25, 0.3) is 0 Å². The van der Waals surface area contributed by atoms with Crippen LogP contribution >= 0.6 is 0 Å². The predicted octanol–water partition coefficient (Wildman–Crippen LogP) is 8.91. The first-order valence-electron chi connectivity index (χ1n) is 25.5. The van der Waals surface area contributed by atoms with E-state index in [1.807, 2.05) is 62.3 Å². The largest absolute Gasteiger partial charge is 1.00 e. The molecule has 1 aliphatic heterocycles. The van der Waals surface area contributed by atoms with Crippen molar-refractivity contribution in [3.8, 4) is 0 Å². The van der Waals surface area contributed by atoms with E-state index in [2.05, 4.69) is 72.8 Å². The summed E-state index contributed by atoms with van der Waals surface area (Å²) in [6.07, 6.45) is 8.74. The summed E-state index contributed by atoms with van der Waals surface area (Å²) in [7, 11) is -12.6. The molecule has 1 saturated heterocycles. The fourth-order valence-electron chi connectivity index (χ4n) is 5.23. The summed E-state index contributed by atoms with van der Waals surface area (Å²) in [6, 6.07) is 0.700. The van der Waals surface area contributed by atoms with Crippen molar-refractivity contribution in [1.29, 1.82) is 0 Å². The van der Waals surface area contributed by atoms with Gasteiger partial charge in [-0.25, -0.2) is 8.42 Å². The maximum absolute atomic E-state index is 12.2. The minimum Gasteiger partial charge on any atom is -0.748 e. The fraction of sp³-hybridized carbons (Fsp3) is 0.918. The van der Waals surface area contributed by atoms with Crippen LogP contribution in [0.2, 0.25) is 65.0 Å². The van der Waals surface area contributed by atoms with Crippen LogP contribution in [0.15, 0.2) is 0 Å². The molecular weight excluding hydrogens is 1010 g/mol. The molecule has 70 heavy (non-hydrogen) atoms. The van der Waals surface area contributed by atoms with E-state index in [0.717, 1.165) is 32.3 Å². The SMILES string of the molecule is CCC(C)(C)C(=O)OCC1CO1.CCC(C)(C)C(=O)OCCCS(=O)(=O)[O-].CCC(C)(C)C(=O)OCCC[Si](O[Si](C)(C)C)(O[Si](C)(C)C)O[Si](C)(C)C.CCCCC(CC)COC(=O)C(C)CC.[K+]. The Kier molecular flexibility index (Phi) is 39.7. The molecule has 0 N–H and O–H groups in total.